The summed E-state index contributed by atoms with van der Waals surface area (Å²) >= 11 is 0. The minimum Gasteiger partial charge on any atom is -0.384 e. The van der Waals surface area contributed by atoms with E-state index < -0.39 is 0 Å². The molecule has 2 unspecified atom stereocenters. The number of fused-ring (bicyclic) bond motifs is 2. The molecule has 2 aliphatic heterocycles. The molecule has 166 valence electrons. The molecular weight excluding hydrogens is 384 g/mol. The monoisotopic (exact) mass is 420 g/mol. The van der Waals surface area contributed by atoms with Crippen LogP contribution >= 0.6 is 0 Å². The number of aryl methyl sites for hydroxylation is 2. The molecule has 4 nitrogen and oxygen atoms in total. The first kappa shape index (κ1) is 21.9. The van der Waals surface area contributed by atoms with E-state index in [4.69, 9.17) is 4.74 Å². The maximum Gasteiger partial charge on any atom is 0.249 e. The quantitative estimate of drug-likeness (QED) is 0.633. The highest BCUT2D eigenvalue weighted by atomic mass is 16.5. The summed E-state index contributed by atoms with van der Waals surface area (Å²) in [6.45, 7) is 6.43. The lowest BCUT2D eigenvalue weighted by atomic mass is 9.83. The predicted molar refractivity (Wildman–Crippen MR) is 127 cm³/mol. The van der Waals surface area contributed by atoms with E-state index in [0.29, 0.717) is 5.92 Å². The Morgan fingerprint density at radius 1 is 1.13 bits per heavy atom. The van der Waals surface area contributed by atoms with Gasteiger partial charge in [0.15, 0.2) is 0 Å². The maximum absolute atomic E-state index is 12.9. The first-order valence-corrected chi connectivity index (χ1v) is 11.9. The highest BCUT2D eigenvalue weighted by Gasteiger charge is 2.32. The number of carbonyl (C=O) groups excluding carboxylic acids is 1. The zero-order valence-corrected chi connectivity index (χ0v) is 19.2. The van der Waals surface area contributed by atoms with E-state index in [9.17, 15) is 4.79 Å². The highest BCUT2D eigenvalue weighted by molar-refractivity contribution is 5.78. The number of hydrogen-bond acceptors (Lipinski definition) is 3. The van der Waals surface area contributed by atoms with Crippen LogP contribution in [0.3, 0.4) is 0 Å². The molecule has 2 atom stereocenters. The number of nitrogens with one attached hydrogen (secondary N) is 1. The number of anilines is 1. The van der Waals surface area contributed by atoms with Gasteiger partial charge in [0.2, 0.25) is 5.91 Å². The molecule has 2 aromatic rings. The number of methoxy groups -OCH3 is 1. The molecule has 0 saturated carbocycles. The number of para-hydroxylation sites is 1. The summed E-state index contributed by atoms with van der Waals surface area (Å²) in [6, 6.07) is 13.6. The van der Waals surface area contributed by atoms with Crippen LogP contribution in [0.2, 0.25) is 0 Å². The molecule has 4 heteroatoms. The first-order valence-electron chi connectivity index (χ1n) is 11.9. The van der Waals surface area contributed by atoms with Gasteiger partial charge >= 0.3 is 0 Å². The average Bonchev–Trinajstić information content (AvgIpc) is 3.20. The molecule has 1 amide bonds. The number of benzene rings is 2. The fourth-order valence-corrected chi connectivity index (χ4v) is 5.47. The Labute approximate surface area is 187 Å². The Morgan fingerprint density at radius 3 is 2.74 bits per heavy atom. The van der Waals surface area contributed by atoms with Crippen molar-refractivity contribution in [3.05, 3.63) is 64.2 Å². The van der Waals surface area contributed by atoms with Crippen LogP contribution in [0.1, 0.15) is 72.9 Å². The molecule has 0 spiro atoms. The SMILES string of the molecule is CCCc1cc2c(cc1CC)CCN(C(=O)COC)C2CCC1CNc2ccccc21. The molecule has 0 saturated heterocycles. The van der Waals surface area contributed by atoms with Gasteiger partial charge < -0.3 is 15.0 Å². The molecule has 2 aromatic carbocycles. The van der Waals surface area contributed by atoms with E-state index in [1.54, 1.807) is 7.11 Å². The Balaban J connectivity index is 1.63. The number of rotatable bonds is 8. The van der Waals surface area contributed by atoms with Crippen molar-refractivity contribution in [2.24, 2.45) is 0 Å². The third kappa shape index (κ3) is 4.50. The summed E-state index contributed by atoms with van der Waals surface area (Å²) in [5.41, 5.74) is 8.43. The molecular formula is C27H36N2O2. The van der Waals surface area contributed by atoms with Crippen LogP contribution < -0.4 is 5.32 Å². The second-order valence-electron chi connectivity index (χ2n) is 8.95. The van der Waals surface area contributed by atoms with E-state index in [2.05, 4.69) is 60.5 Å². The maximum atomic E-state index is 12.9. The number of ether oxygens (including phenoxy) is 1. The molecule has 0 aromatic heterocycles. The lowest BCUT2D eigenvalue weighted by Crippen LogP contribution is -2.42. The molecule has 0 bridgehead atoms. The Kier molecular flexibility index (Phi) is 6.96. The van der Waals surface area contributed by atoms with Crippen molar-refractivity contribution in [2.75, 3.05) is 32.1 Å². The van der Waals surface area contributed by atoms with Gasteiger partial charge in [-0.3, -0.25) is 4.79 Å². The smallest absolute Gasteiger partial charge is 0.249 e. The first-order chi connectivity index (χ1) is 15.2. The van der Waals surface area contributed by atoms with Crippen LogP contribution in [-0.2, 0) is 28.8 Å². The van der Waals surface area contributed by atoms with Gasteiger partial charge in [0.25, 0.3) is 0 Å². The minimum absolute atomic E-state index is 0.111. The van der Waals surface area contributed by atoms with Crippen molar-refractivity contribution in [1.29, 1.82) is 0 Å². The van der Waals surface area contributed by atoms with E-state index in [1.165, 1.54) is 33.5 Å². The van der Waals surface area contributed by atoms with Crippen molar-refractivity contribution >= 4 is 11.6 Å². The molecule has 2 aliphatic rings. The van der Waals surface area contributed by atoms with Gasteiger partial charge in [-0.15, -0.1) is 0 Å². The third-order valence-electron chi connectivity index (χ3n) is 7.04. The molecule has 4 rings (SSSR count). The topological polar surface area (TPSA) is 41.6 Å². The second-order valence-corrected chi connectivity index (χ2v) is 8.95. The molecule has 2 heterocycles. The molecule has 31 heavy (non-hydrogen) atoms. The fraction of sp³-hybridized carbons (Fsp3) is 0.519. The van der Waals surface area contributed by atoms with Crippen LogP contribution in [0.25, 0.3) is 0 Å². The summed E-state index contributed by atoms with van der Waals surface area (Å²) in [5, 5.41) is 3.55. The molecule has 0 aliphatic carbocycles. The van der Waals surface area contributed by atoms with Crippen LogP contribution in [0, 0.1) is 0 Å². The fourth-order valence-electron chi connectivity index (χ4n) is 5.47. The van der Waals surface area contributed by atoms with E-state index in [1.807, 2.05) is 0 Å². The van der Waals surface area contributed by atoms with Crippen molar-refractivity contribution in [3.8, 4) is 0 Å². The van der Waals surface area contributed by atoms with Crippen LogP contribution in [0.15, 0.2) is 36.4 Å². The van der Waals surface area contributed by atoms with Crippen LogP contribution in [0.5, 0.6) is 0 Å². The Morgan fingerprint density at radius 2 is 1.97 bits per heavy atom. The van der Waals surface area contributed by atoms with Gasteiger partial charge in [-0.25, -0.2) is 0 Å². The van der Waals surface area contributed by atoms with E-state index in [-0.39, 0.29) is 18.6 Å². The minimum atomic E-state index is 0.111. The van der Waals surface area contributed by atoms with E-state index in [0.717, 1.165) is 51.6 Å². The van der Waals surface area contributed by atoms with Crippen molar-refractivity contribution in [3.63, 3.8) is 0 Å². The van der Waals surface area contributed by atoms with Gasteiger partial charge in [0.05, 0.1) is 6.04 Å². The predicted octanol–water partition coefficient (Wildman–Crippen LogP) is 5.26. The van der Waals surface area contributed by atoms with Gasteiger partial charge in [0.1, 0.15) is 6.61 Å². The Hall–Kier alpha value is -2.33. The zero-order chi connectivity index (χ0) is 21.8. The van der Waals surface area contributed by atoms with Gasteiger partial charge in [0, 0.05) is 31.8 Å². The van der Waals surface area contributed by atoms with Crippen LogP contribution in [-0.4, -0.2) is 37.6 Å². The normalized spacial score (nSPS) is 19.6. The Bertz CT molecular complexity index is 923. The summed E-state index contributed by atoms with van der Waals surface area (Å²) in [4.78, 5) is 15.0. The summed E-state index contributed by atoms with van der Waals surface area (Å²) in [5.74, 6) is 0.616. The van der Waals surface area contributed by atoms with Crippen LogP contribution in [0.4, 0.5) is 5.69 Å². The van der Waals surface area contributed by atoms with Gasteiger partial charge in [-0.05, 0) is 66.0 Å². The van der Waals surface area contributed by atoms with E-state index >= 15 is 0 Å². The third-order valence-corrected chi connectivity index (χ3v) is 7.04. The van der Waals surface area contributed by atoms with Crippen molar-refractivity contribution < 1.29 is 9.53 Å². The standard InChI is InChI=1S/C27H36N2O2/c1-4-8-20-16-24-21(15-19(20)5-2)13-14-29(27(30)18-31-3)26(24)12-11-22-17-28-25-10-7-6-9-23(22)25/h6-7,9-10,15-16,22,26,28H,4-5,8,11-14,17-18H2,1-3H3. The highest BCUT2D eigenvalue weighted by Crippen LogP contribution is 2.40. The number of amides is 1. The summed E-state index contributed by atoms with van der Waals surface area (Å²) in [7, 11) is 1.61. The summed E-state index contributed by atoms with van der Waals surface area (Å²) in [6.07, 6.45) is 6.32. The number of carbonyl (C=O) groups is 1. The molecule has 0 radical (unpaired) electrons. The number of nitrogens with zero attached hydrogens (tertiary/aromatic N) is 1. The number of hydrogen-bond donors (Lipinski definition) is 1. The van der Waals surface area contributed by atoms with Gasteiger partial charge in [-0.1, -0.05) is 50.6 Å². The lowest BCUT2D eigenvalue weighted by Gasteiger charge is -2.38. The lowest BCUT2D eigenvalue weighted by molar-refractivity contribution is -0.138. The summed E-state index contributed by atoms with van der Waals surface area (Å²) < 4.78 is 5.22. The van der Waals surface area contributed by atoms with Crippen molar-refractivity contribution in [2.45, 2.75) is 64.3 Å². The largest absolute Gasteiger partial charge is 0.384 e. The molecule has 1 N–H and O–H groups in total. The molecule has 0 fully saturated rings. The average molecular weight is 421 g/mol. The second kappa shape index (κ2) is 9.86. The zero-order valence-electron chi connectivity index (χ0n) is 19.2. The van der Waals surface area contributed by atoms with Crippen molar-refractivity contribution in [1.82, 2.24) is 4.90 Å². The van der Waals surface area contributed by atoms with Gasteiger partial charge in [-0.2, -0.15) is 0 Å².